The Hall–Kier alpha value is -1.60. The van der Waals surface area contributed by atoms with Gasteiger partial charge in [0.2, 0.25) is 5.91 Å². The van der Waals surface area contributed by atoms with Gasteiger partial charge in [-0.05, 0) is 43.5 Å². The van der Waals surface area contributed by atoms with Crippen LogP contribution in [0.5, 0.6) is 5.75 Å². The van der Waals surface area contributed by atoms with E-state index in [9.17, 15) is 13.2 Å². The van der Waals surface area contributed by atoms with Crippen molar-refractivity contribution in [1.82, 2.24) is 0 Å². The first-order chi connectivity index (χ1) is 9.81. The summed E-state index contributed by atoms with van der Waals surface area (Å²) in [4.78, 5) is 11.1. The number of hydrogen-bond donors (Lipinski definition) is 1. The molecule has 118 valence electrons. The summed E-state index contributed by atoms with van der Waals surface area (Å²) in [5, 5.41) is 2.71. The van der Waals surface area contributed by atoms with Gasteiger partial charge in [-0.2, -0.15) is 8.42 Å². The summed E-state index contributed by atoms with van der Waals surface area (Å²) in [5.41, 5.74) is 1.59. The summed E-state index contributed by atoms with van der Waals surface area (Å²) in [7, 11) is -3.41. The Kier molecular flexibility index (Phi) is 6.64. The lowest BCUT2D eigenvalue weighted by atomic mass is 10.1. The molecule has 1 amide bonds. The van der Waals surface area contributed by atoms with E-state index in [1.807, 2.05) is 13.0 Å². The first-order valence-corrected chi connectivity index (χ1v) is 8.51. The van der Waals surface area contributed by atoms with Crippen LogP contribution in [0.25, 0.3) is 0 Å². The lowest BCUT2D eigenvalue weighted by molar-refractivity contribution is -0.114. The number of carbonyl (C=O) groups excluding carboxylic acids is 1. The SMILES string of the molecule is CCOc1ccc(NC(C)=O)cc1CCCOS(C)(=O)=O. The van der Waals surface area contributed by atoms with Crippen molar-refractivity contribution in [3.05, 3.63) is 23.8 Å². The van der Waals surface area contributed by atoms with Crippen molar-refractivity contribution in [2.45, 2.75) is 26.7 Å². The summed E-state index contributed by atoms with van der Waals surface area (Å²) in [6.07, 6.45) is 2.16. The Balaban J connectivity index is 2.73. The Morgan fingerprint density at radius 1 is 1.33 bits per heavy atom. The fraction of sp³-hybridized carbons (Fsp3) is 0.500. The average molecular weight is 315 g/mol. The van der Waals surface area contributed by atoms with Gasteiger partial charge >= 0.3 is 0 Å². The third kappa shape index (κ3) is 7.10. The van der Waals surface area contributed by atoms with Gasteiger partial charge in [0.05, 0.1) is 19.5 Å². The van der Waals surface area contributed by atoms with E-state index in [-0.39, 0.29) is 12.5 Å². The molecule has 0 saturated heterocycles. The largest absolute Gasteiger partial charge is 0.494 e. The van der Waals surface area contributed by atoms with Crippen molar-refractivity contribution in [3.63, 3.8) is 0 Å². The maximum atomic E-state index is 11.1. The van der Waals surface area contributed by atoms with Crippen molar-refractivity contribution in [2.24, 2.45) is 0 Å². The molecule has 0 radical (unpaired) electrons. The van der Waals surface area contributed by atoms with Gasteiger partial charge in [0.1, 0.15) is 5.75 Å². The zero-order valence-electron chi connectivity index (χ0n) is 12.5. The molecule has 1 aromatic rings. The van der Waals surface area contributed by atoms with Crippen LogP contribution < -0.4 is 10.1 Å². The third-order valence-electron chi connectivity index (χ3n) is 2.57. The summed E-state index contributed by atoms with van der Waals surface area (Å²) in [6.45, 7) is 3.98. The molecule has 0 unspecified atom stereocenters. The van der Waals surface area contributed by atoms with Crippen molar-refractivity contribution in [1.29, 1.82) is 0 Å². The van der Waals surface area contributed by atoms with E-state index < -0.39 is 10.1 Å². The lowest BCUT2D eigenvalue weighted by Gasteiger charge is -2.12. The van der Waals surface area contributed by atoms with Gasteiger partial charge in [0.25, 0.3) is 10.1 Å². The molecule has 0 atom stereocenters. The van der Waals surface area contributed by atoms with Gasteiger partial charge in [0, 0.05) is 12.6 Å². The van der Waals surface area contributed by atoms with E-state index in [1.165, 1.54) is 6.92 Å². The van der Waals surface area contributed by atoms with Crippen molar-refractivity contribution in [3.8, 4) is 5.75 Å². The maximum absolute atomic E-state index is 11.1. The molecule has 1 N–H and O–H groups in total. The third-order valence-corrected chi connectivity index (χ3v) is 3.16. The van der Waals surface area contributed by atoms with Gasteiger partial charge in [-0.1, -0.05) is 0 Å². The fourth-order valence-electron chi connectivity index (χ4n) is 1.83. The Labute approximate surface area is 125 Å². The van der Waals surface area contributed by atoms with E-state index >= 15 is 0 Å². The highest BCUT2D eigenvalue weighted by molar-refractivity contribution is 7.85. The zero-order valence-corrected chi connectivity index (χ0v) is 13.3. The number of amides is 1. The maximum Gasteiger partial charge on any atom is 0.264 e. The van der Waals surface area contributed by atoms with Crippen LogP contribution in [0.4, 0.5) is 5.69 Å². The molecule has 0 aromatic heterocycles. The average Bonchev–Trinajstić information content (AvgIpc) is 2.36. The predicted molar refractivity (Wildman–Crippen MR) is 81.0 cm³/mol. The summed E-state index contributed by atoms with van der Waals surface area (Å²) in [6, 6.07) is 5.39. The minimum Gasteiger partial charge on any atom is -0.494 e. The highest BCUT2D eigenvalue weighted by Crippen LogP contribution is 2.24. The molecule has 0 heterocycles. The molecule has 6 nitrogen and oxygen atoms in total. The second-order valence-corrected chi connectivity index (χ2v) is 6.21. The molecular weight excluding hydrogens is 294 g/mol. The summed E-state index contributed by atoms with van der Waals surface area (Å²) >= 11 is 0. The number of hydrogen-bond acceptors (Lipinski definition) is 5. The lowest BCUT2D eigenvalue weighted by Crippen LogP contribution is -2.08. The molecular formula is C14H21NO5S. The number of anilines is 1. The van der Waals surface area contributed by atoms with Crippen molar-refractivity contribution >= 4 is 21.7 Å². The van der Waals surface area contributed by atoms with Crippen LogP contribution in [0.2, 0.25) is 0 Å². The minimum absolute atomic E-state index is 0.120. The predicted octanol–water partition coefficient (Wildman–Crippen LogP) is 1.95. The van der Waals surface area contributed by atoms with Gasteiger partial charge in [-0.3, -0.25) is 8.98 Å². The highest BCUT2D eigenvalue weighted by Gasteiger charge is 2.07. The van der Waals surface area contributed by atoms with Crippen LogP contribution in [-0.2, 0) is 25.5 Å². The smallest absolute Gasteiger partial charge is 0.264 e. The van der Waals surface area contributed by atoms with Gasteiger partial charge in [-0.15, -0.1) is 0 Å². The Bertz CT molecular complexity index is 583. The van der Waals surface area contributed by atoms with Gasteiger partial charge < -0.3 is 10.1 Å². The number of benzene rings is 1. The topological polar surface area (TPSA) is 81.7 Å². The van der Waals surface area contributed by atoms with E-state index in [1.54, 1.807) is 12.1 Å². The van der Waals surface area contributed by atoms with Crippen LogP contribution in [0.1, 0.15) is 25.8 Å². The summed E-state index contributed by atoms with van der Waals surface area (Å²) in [5.74, 6) is 0.580. The number of nitrogens with one attached hydrogen (secondary N) is 1. The molecule has 0 saturated carbocycles. The Morgan fingerprint density at radius 3 is 2.62 bits per heavy atom. The van der Waals surface area contributed by atoms with E-state index in [2.05, 4.69) is 5.32 Å². The van der Waals surface area contributed by atoms with Crippen LogP contribution in [0, 0.1) is 0 Å². The first-order valence-electron chi connectivity index (χ1n) is 6.69. The molecule has 7 heteroatoms. The van der Waals surface area contributed by atoms with Crippen LogP contribution in [-0.4, -0.2) is 33.8 Å². The van der Waals surface area contributed by atoms with Crippen LogP contribution >= 0.6 is 0 Å². The molecule has 21 heavy (non-hydrogen) atoms. The first kappa shape index (κ1) is 17.5. The molecule has 0 aliphatic carbocycles. The number of rotatable bonds is 8. The second kappa shape index (κ2) is 7.99. The number of carbonyl (C=O) groups is 1. The fourth-order valence-corrected chi connectivity index (χ4v) is 2.25. The number of ether oxygens (including phenoxy) is 1. The molecule has 0 aliphatic rings. The van der Waals surface area contributed by atoms with Crippen molar-refractivity contribution in [2.75, 3.05) is 24.8 Å². The monoisotopic (exact) mass is 315 g/mol. The molecule has 0 aliphatic heterocycles. The van der Waals surface area contributed by atoms with Crippen molar-refractivity contribution < 1.29 is 22.1 Å². The molecule has 0 spiro atoms. The normalized spacial score (nSPS) is 11.2. The second-order valence-electron chi connectivity index (χ2n) is 4.57. The van der Waals surface area contributed by atoms with E-state index in [0.29, 0.717) is 25.1 Å². The molecule has 0 fully saturated rings. The van der Waals surface area contributed by atoms with Gasteiger partial charge in [-0.25, -0.2) is 0 Å². The standard InChI is InChI=1S/C14H21NO5S/c1-4-19-14-8-7-13(15-11(2)16)10-12(14)6-5-9-20-21(3,17)18/h7-8,10H,4-6,9H2,1-3H3,(H,15,16). The Morgan fingerprint density at radius 2 is 2.05 bits per heavy atom. The zero-order chi connectivity index (χ0) is 15.9. The molecule has 1 aromatic carbocycles. The molecule has 0 bridgehead atoms. The van der Waals surface area contributed by atoms with Crippen LogP contribution in [0.15, 0.2) is 18.2 Å². The molecule has 1 rings (SSSR count). The summed E-state index contributed by atoms with van der Waals surface area (Å²) < 4.78 is 32.0. The van der Waals surface area contributed by atoms with Gasteiger partial charge in [0.15, 0.2) is 0 Å². The quantitative estimate of drug-likeness (QED) is 0.586. The highest BCUT2D eigenvalue weighted by atomic mass is 32.2. The minimum atomic E-state index is -3.41. The van der Waals surface area contributed by atoms with Crippen LogP contribution in [0.3, 0.4) is 0 Å². The van der Waals surface area contributed by atoms with E-state index in [4.69, 9.17) is 8.92 Å². The van der Waals surface area contributed by atoms with E-state index in [0.717, 1.165) is 17.6 Å². The number of aryl methyl sites for hydroxylation is 1.